The van der Waals surface area contributed by atoms with Crippen molar-refractivity contribution in [1.82, 2.24) is 4.98 Å². The second kappa shape index (κ2) is 8.78. The number of halogens is 1. The Morgan fingerprint density at radius 1 is 1.03 bits per heavy atom. The molecule has 5 N–H and O–H groups in total. The number of pyridine rings is 1. The second-order valence-electron chi connectivity index (χ2n) is 7.73. The molecule has 0 fully saturated rings. The molecule has 0 aliphatic heterocycles. The van der Waals surface area contributed by atoms with Gasteiger partial charge in [-0.1, -0.05) is 35.9 Å². The number of hydrogen-bond acceptors (Lipinski definition) is 4. The topological polar surface area (TPSA) is 111 Å². The molecule has 1 aromatic heterocycles. The third-order valence-electron chi connectivity index (χ3n) is 5.53. The summed E-state index contributed by atoms with van der Waals surface area (Å²) >= 11 is 6.17. The van der Waals surface area contributed by atoms with Gasteiger partial charge in [0.15, 0.2) is 0 Å². The van der Waals surface area contributed by atoms with Crippen molar-refractivity contribution in [2.24, 2.45) is 17.4 Å². The zero-order valence-corrected chi connectivity index (χ0v) is 17.7. The monoisotopic (exact) mass is 434 g/mol. The second-order valence-corrected chi connectivity index (χ2v) is 8.16. The van der Waals surface area contributed by atoms with E-state index in [1.165, 1.54) is 5.56 Å². The van der Waals surface area contributed by atoms with Crippen LogP contribution in [-0.4, -0.2) is 16.8 Å². The number of nitrogens with two attached hydrogens (primary N) is 2. The molecule has 4 rings (SSSR count). The number of fused-ring (bicyclic) bond motifs is 1. The van der Waals surface area contributed by atoms with Gasteiger partial charge in [0.25, 0.3) is 0 Å². The first-order chi connectivity index (χ1) is 14.9. The summed E-state index contributed by atoms with van der Waals surface area (Å²) in [6, 6.07) is 17.3. The maximum absolute atomic E-state index is 11.4. The fourth-order valence-corrected chi connectivity index (χ4v) is 4.10. The average molecular weight is 435 g/mol. The number of amides is 2. The van der Waals surface area contributed by atoms with E-state index in [4.69, 9.17) is 28.1 Å². The first-order valence-corrected chi connectivity index (χ1v) is 10.5. The molecule has 2 aromatic carbocycles. The van der Waals surface area contributed by atoms with Crippen molar-refractivity contribution >= 4 is 34.8 Å². The van der Waals surface area contributed by atoms with E-state index in [1.54, 1.807) is 0 Å². The summed E-state index contributed by atoms with van der Waals surface area (Å²) < 4.78 is 0. The number of aryl methyl sites for hydroxylation is 1. The smallest absolute Gasteiger partial charge is 0.230 e. The summed E-state index contributed by atoms with van der Waals surface area (Å²) in [5, 5.41) is 4.17. The third-order valence-corrected chi connectivity index (χ3v) is 5.77. The van der Waals surface area contributed by atoms with E-state index in [0.29, 0.717) is 5.02 Å². The quantitative estimate of drug-likeness (QED) is 0.491. The van der Waals surface area contributed by atoms with Crippen molar-refractivity contribution in [2.75, 3.05) is 5.32 Å². The van der Waals surface area contributed by atoms with Crippen LogP contribution >= 0.6 is 11.6 Å². The number of benzene rings is 2. The molecule has 1 heterocycles. The van der Waals surface area contributed by atoms with Gasteiger partial charge in [0.1, 0.15) is 5.92 Å². The Balaban J connectivity index is 1.59. The molecule has 0 atom stereocenters. The van der Waals surface area contributed by atoms with Crippen molar-refractivity contribution in [3.05, 3.63) is 76.4 Å². The van der Waals surface area contributed by atoms with Gasteiger partial charge >= 0.3 is 0 Å². The van der Waals surface area contributed by atoms with Gasteiger partial charge in [-0.25, -0.2) is 0 Å². The minimum atomic E-state index is -1.01. The minimum absolute atomic E-state index is 0.189. The number of nitrogens with zero attached hydrogens (tertiary/aromatic N) is 1. The van der Waals surface area contributed by atoms with Gasteiger partial charge < -0.3 is 16.8 Å². The van der Waals surface area contributed by atoms with E-state index in [0.717, 1.165) is 53.2 Å². The van der Waals surface area contributed by atoms with Gasteiger partial charge in [-0.3, -0.25) is 14.6 Å². The zero-order chi connectivity index (χ0) is 22.0. The standard InChI is InChI=1S/C24H23ClN4O2/c25-16-4-1-3-15(12-16)21-13-22(18-5-2-6-20(18)29-21)28-17-9-7-14(8-10-17)11-19(23(26)30)24(27)31/h1,3-4,7-10,12-13,19H,2,5-6,11H2,(H2,26,30)(H2,27,31)(H,28,29). The molecule has 0 saturated carbocycles. The van der Waals surface area contributed by atoms with Gasteiger partial charge in [-0.05, 0) is 67.1 Å². The number of anilines is 2. The summed E-state index contributed by atoms with van der Waals surface area (Å²) in [6.45, 7) is 0. The molecule has 3 aromatic rings. The fourth-order valence-electron chi connectivity index (χ4n) is 3.91. The van der Waals surface area contributed by atoms with Crippen molar-refractivity contribution in [2.45, 2.75) is 25.7 Å². The van der Waals surface area contributed by atoms with Crippen LogP contribution in [0.15, 0.2) is 54.6 Å². The highest BCUT2D eigenvalue weighted by atomic mass is 35.5. The lowest BCUT2D eigenvalue weighted by Gasteiger charge is -2.15. The van der Waals surface area contributed by atoms with E-state index in [-0.39, 0.29) is 6.42 Å². The van der Waals surface area contributed by atoms with Crippen LogP contribution in [0.1, 0.15) is 23.2 Å². The number of carbonyl (C=O) groups excluding carboxylic acids is 2. The lowest BCUT2D eigenvalue weighted by molar-refractivity contribution is -0.131. The van der Waals surface area contributed by atoms with Gasteiger partial charge in [0.05, 0.1) is 5.69 Å². The number of primary amides is 2. The molecular weight excluding hydrogens is 412 g/mol. The highest BCUT2D eigenvalue weighted by molar-refractivity contribution is 6.30. The third kappa shape index (κ3) is 4.70. The largest absolute Gasteiger partial charge is 0.369 e. The molecule has 0 radical (unpaired) electrons. The van der Waals surface area contributed by atoms with Crippen LogP contribution in [-0.2, 0) is 28.9 Å². The molecule has 2 amide bonds. The maximum atomic E-state index is 11.4. The Morgan fingerprint density at radius 3 is 2.45 bits per heavy atom. The van der Waals surface area contributed by atoms with Crippen LogP contribution in [0.4, 0.5) is 11.4 Å². The van der Waals surface area contributed by atoms with Crippen LogP contribution in [0.5, 0.6) is 0 Å². The lowest BCUT2D eigenvalue weighted by Crippen LogP contribution is -2.36. The molecular formula is C24H23ClN4O2. The number of carbonyl (C=O) groups is 2. The van der Waals surface area contributed by atoms with Crippen molar-refractivity contribution in [3.8, 4) is 11.3 Å². The average Bonchev–Trinajstić information content (AvgIpc) is 3.22. The number of nitrogens with one attached hydrogen (secondary N) is 1. The molecule has 0 spiro atoms. The van der Waals surface area contributed by atoms with Crippen molar-refractivity contribution < 1.29 is 9.59 Å². The first kappa shape index (κ1) is 20.9. The highest BCUT2D eigenvalue weighted by Gasteiger charge is 2.22. The van der Waals surface area contributed by atoms with E-state index in [1.807, 2.05) is 48.5 Å². The Morgan fingerprint density at radius 2 is 1.77 bits per heavy atom. The van der Waals surface area contributed by atoms with Gasteiger partial charge in [-0.2, -0.15) is 0 Å². The highest BCUT2D eigenvalue weighted by Crippen LogP contribution is 2.34. The van der Waals surface area contributed by atoms with Crippen LogP contribution in [0, 0.1) is 5.92 Å². The molecule has 1 aliphatic rings. The van der Waals surface area contributed by atoms with Crippen LogP contribution in [0.25, 0.3) is 11.3 Å². The summed E-state index contributed by atoms with van der Waals surface area (Å²) in [5.74, 6) is -2.44. The minimum Gasteiger partial charge on any atom is -0.369 e. The number of aromatic nitrogens is 1. The molecule has 7 heteroatoms. The Bertz CT molecular complexity index is 1130. The fraction of sp³-hybridized carbons (Fsp3) is 0.208. The zero-order valence-electron chi connectivity index (χ0n) is 16.9. The molecule has 0 saturated heterocycles. The normalized spacial score (nSPS) is 12.6. The lowest BCUT2D eigenvalue weighted by atomic mass is 9.98. The molecule has 0 bridgehead atoms. The predicted octanol–water partition coefficient (Wildman–Crippen LogP) is 3.76. The first-order valence-electron chi connectivity index (χ1n) is 10.1. The van der Waals surface area contributed by atoms with E-state index >= 15 is 0 Å². The summed E-state index contributed by atoms with van der Waals surface area (Å²) in [4.78, 5) is 27.7. The molecule has 6 nitrogen and oxygen atoms in total. The van der Waals surface area contributed by atoms with E-state index < -0.39 is 17.7 Å². The van der Waals surface area contributed by atoms with Crippen molar-refractivity contribution in [1.29, 1.82) is 0 Å². The van der Waals surface area contributed by atoms with Crippen LogP contribution < -0.4 is 16.8 Å². The molecule has 158 valence electrons. The molecule has 31 heavy (non-hydrogen) atoms. The summed E-state index contributed by atoms with van der Waals surface area (Å²) in [6.07, 6.45) is 3.21. The SMILES string of the molecule is NC(=O)C(Cc1ccc(Nc2cc(-c3cccc(Cl)c3)nc3c2CCC3)cc1)C(N)=O. The predicted molar refractivity (Wildman–Crippen MR) is 122 cm³/mol. The van der Waals surface area contributed by atoms with Gasteiger partial charge in [0, 0.05) is 27.7 Å². The summed E-state index contributed by atoms with van der Waals surface area (Å²) in [5.41, 5.74) is 17.5. The van der Waals surface area contributed by atoms with E-state index in [2.05, 4.69) is 11.4 Å². The Kier molecular flexibility index (Phi) is 5.91. The Hall–Kier alpha value is -3.38. The van der Waals surface area contributed by atoms with Crippen molar-refractivity contribution in [3.63, 3.8) is 0 Å². The van der Waals surface area contributed by atoms with Gasteiger partial charge in [-0.15, -0.1) is 0 Å². The number of hydrogen-bond donors (Lipinski definition) is 3. The van der Waals surface area contributed by atoms with Crippen LogP contribution in [0.3, 0.4) is 0 Å². The maximum Gasteiger partial charge on any atom is 0.230 e. The summed E-state index contributed by atoms with van der Waals surface area (Å²) in [7, 11) is 0. The van der Waals surface area contributed by atoms with Crippen LogP contribution in [0.2, 0.25) is 5.02 Å². The molecule has 1 aliphatic carbocycles. The van der Waals surface area contributed by atoms with E-state index in [9.17, 15) is 9.59 Å². The van der Waals surface area contributed by atoms with Gasteiger partial charge in [0.2, 0.25) is 11.8 Å². The molecule has 0 unspecified atom stereocenters. The number of rotatable bonds is 7. The Labute approximate surface area is 185 Å².